The fourth-order valence-corrected chi connectivity index (χ4v) is 3.39. The first-order valence-corrected chi connectivity index (χ1v) is 10.1. The molecule has 0 radical (unpaired) electrons. The molecule has 2 aromatic carbocycles. The summed E-state index contributed by atoms with van der Waals surface area (Å²) in [4.78, 5) is 26.4. The van der Waals surface area contributed by atoms with Gasteiger partial charge in [-0.2, -0.15) is 0 Å². The topological polar surface area (TPSA) is 88.1 Å². The molecule has 0 bridgehead atoms. The molecule has 7 nitrogen and oxygen atoms in total. The van der Waals surface area contributed by atoms with Crippen molar-refractivity contribution in [3.8, 4) is 0 Å². The van der Waals surface area contributed by atoms with Gasteiger partial charge in [-0.25, -0.2) is 9.59 Å². The Morgan fingerprint density at radius 2 is 1.60 bits per heavy atom. The molecule has 3 rings (SSSR count). The van der Waals surface area contributed by atoms with E-state index in [2.05, 4.69) is 5.32 Å². The summed E-state index contributed by atoms with van der Waals surface area (Å²) in [7, 11) is 0. The monoisotopic (exact) mass is 412 g/mol. The smallest absolute Gasteiger partial charge is 0.410 e. The Morgan fingerprint density at radius 3 is 2.20 bits per heavy atom. The summed E-state index contributed by atoms with van der Waals surface area (Å²) in [5, 5.41) is 13.5. The van der Waals surface area contributed by atoms with Gasteiger partial charge in [-0.05, 0) is 30.9 Å². The highest BCUT2D eigenvalue weighted by Crippen LogP contribution is 2.23. The molecule has 30 heavy (non-hydrogen) atoms. The van der Waals surface area contributed by atoms with Crippen molar-refractivity contribution < 1.29 is 24.2 Å². The molecule has 0 aromatic heterocycles. The van der Waals surface area contributed by atoms with E-state index in [1.54, 1.807) is 6.92 Å². The third kappa shape index (κ3) is 6.22. The molecule has 0 aliphatic carbocycles. The van der Waals surface area contributed by atoms with Crippen molar-refractivity contribution in [3.63, 3.8) is 0 Å². The molecule has 0 saturated carbocycles. The van der Waals surface area contributed by atoms with Gasteiger partial charge in [0.2, 0.25) is 0 Å². The predicted molar refractivity (Wildman–Crippen MR) is 112 cm³/mol. The number of alkyl carbamates (subject to hydrolysis) is 1. The van der Waals surface area contributed by atoms with Crippen molar-refractivity contribution in [2.45, 2.75) is 44.6 Å². The SMILES string of the molecule is C[C@]1(O)CCCN(C(=O)OCc2ccccc2)C[C@H]1NC(=O)OCc1ccccc1. The Kier molecular flexibility index (Phi) is 7.30. The van der Waals surface area contributed by atoms with Crippen LogP contribution in [0.5, 0.6) is 0 Å². The number of likely N-dealkylation sites (tertiary alicyclic amines) is 1. The predicted octanol–water partition coefficient (Wildman–Crippen LogP) is 3.47. The van der Waals surface area contributed by atoms with Crippen LogP contribution in [-0.4, -0.2) is 46.9 Å². The highest BCUT2D eigenvalue weighted by atomic mass is 16.6. The number of amides is 2. The molecule has 2 N–H and O–H groups in total. The van der Waals surface area contributed by atoms with Gasteiger partial charge < -0.3 is 24.8 Å². The fraction of sp³-hybridized carbons (Fsp3) is 0.391. The van der Waals surface area contributed by atoms with Crippen molar-refractivity contribution in [2.75, 3.05) is 13.1 Å². The molecule has 160 valence electrons. The quantitative estimate of drug-likeness (QED) is 0.785. The van der Waals surface area contributed by atoms with E-state index < -0.39 is 23.8 Å². The summed E-state index contributed by atoms with van der Waals surface area (Å²) in [6.45, 7) is 2.55. The number of rotatable bonds is 5. The van der Waals surface area contributed by atoms with E-state index in [4.69, 9.17) is 9.47 Å². The number of carbonyl (C=O) groups is 2. The van der Waals surface area contributed by atoms with E-state index in [1.165, 1.54) is 4.90 Å². The number of aliphatic hydroxyl groups is 1. The maximum atomic E-state index is 12.6. The largest absolute Gasteiger partial charge is 0.445 e. The second-order valence-electron chi connectivity index (χ2n) is 7.71. The van der Waals surface area contributed by atoms with Crippen molar-refractivity contribution >= 4 is 12.2 Å². The molecule has 2 atom stereocenters. The van der Waals surface area contributed by atoms with Crippen LogP contribution in [0.1, 0.15) is 30.9 Å². The van der Waals surface area contributed by atoms with Crippen LogP contribution in [-0.2, 0) is 22.7 Å². The number of hydrogen-bond acceptors (Lipinski definition) is 5. The number of hydrogen-bond donors (Lipinski definition) is 2. The van der Waals surface area contributed by atoms with Crippen molar-refractivity contribution in [2.24, 2.45) is 0 Å². The Labute approximate surface area is 176 Å². The lowest BCUT2D eigenvalue weighted by Gasteiger charge is -2.32. The highest BCUT2D eigenvalue weighted by molar-refractivity contribution is 5.69. The Morgan fingerprint density at radius 1 is 1.03 bits per heavy atom. The number of nitrogens with one attached hydrogen (secondary N) is 1. The standard InChI is InChI=1S/C23H28N2O5/c1-23(28)13-8-14-25(22(27)30-17-19-11-6-3-7-12-19)15-20(23)24-21(26)29-16-18-9-4-2-5-10-18/h2-7,9-12,20,28H,8,13-17H2,1H3,(H,24,26)/t20-,23+/m1/s1. The number of carbonyl (C=O) groups excluding carboxylic acids is 2. The van der Waals surface area contributed by atoms with Gasteiger partial charge in [0, 0.05) is 13.1 Å². The van der Waals surface area contributed by atoms with Gasteiger partial charge in [-0.3, -0.25) is 0 Å². The fourth-order valence-electron chi connectivity index (χ4n) is 3.39. The zero-order valence-electron chi connectivity index (χ0n) is 17.1. The number of ether oxygens (including phenoxy) is 2. The zero-order valence-corrected chi connectivity index (χ0v) is 17.1. The van der Waals surface area contributed by atoms with Crippen LogP contribution in [0.3, 0.4) is 0 Å². The van der Waals surface area contributed by atoms with Gasteiger partial charge in [-0.1, -0.05) is 60.7 Å². The minimum Gasteiger partial charge on any atom is -0.445 e. The zero-order chi connectivity index (χ0) is 21.4. The van der Waals surface area contributed by atoms with Crippen molar-refractivity contribution in [3.05, 3.63) is 71.8 Å². The Bertz CT molecular complexity index is 826. The second kappa shape index (κ2) is 10.1. The van der Waals surface area contributed by atoms with Crippen molar-refractivity contribution in [1.29, 1.82) is 0 Å². The summed E-state index contributed by atoms with van der Waals surface area (Å²) >= 11 is 0. The Hall–Kier alpha value is -3.06. The Balaban J connectivity index is 1.56. The highest BCUT2D eigenvalue weighted by Gasteiger charge is 2.38. The van der Waals surface area contributed by atoms with E-state index in [-0.39, 0.29) is 19.8 Å². The average molecular weight is 412 g/mol. The third-order valence-corrected chi connectivity index (χ3v) is 5.23. The lowest BCUT2D eigenvalue weighted by Crippen LogP contribution is -2.55. The van der Waals surface area contributed by atoms with E-state index in [0.717, 1.165) is 11.1 Å². The molecule has 0 unspecified atom stereocenters. The van der Waals surface area contributed by atoms with Gasteiger partial charge in [0.05, 0.1) is 11.6 Å². The lowest BCUT2D eigenvalue weighted by atomic mass is 9.92. The minimum atomic E-state index is -1.17. The van der Waals surface area contributed by atoms with Crippen LogP contribution in [0.4, 0.5) is 9.59 Å². The molecule has 0 spiro atoms. The summed E-state index contributed by atoms with van der Waals surface area (Å²) in [5.41, 5.74) is 0.596. The van der Waals surface area contributed by atoms with Crippen LogP contribution < -0.4 is 5.32 Å². The second-order valence-corrected chi connectivity index (χ2v) is 7.71. The van der Waals surface area contributed by atoms with E-state index >= 15 is 0 Å². The van der Waals surface area contributed by atoms with Crippen LogP contribution >= 0.6 is 0 Å². The van der Waals surface area contributed by atoms with Crippen LogP contribution in [0.15, 0.2) is 60.7 Å². The van der Waals surface area contributed by atoms with Gasteiger partial charge in [-0.15, -0.1) is 0 Å². The van der Waals surface area contributed by atoms with Crippen molar-refractivity contribution in [1.82, 2.24) is 10.2 Å². The maximum Gasteiger partial charge on any atom is 0.410 e. The lowest BCUT2D eigenvalue weighted by molar-refractivity contribution is 0.00989. The summed E-state index contributed by atoms with van der Waals surface area (Å²) in [5.74, 6) is 0. The molecular weight excluding hydrogens is 384 g/mol. The molecule has 1 fully saturated rings. The van der Waals surface area contributed by atoms with E-state index in [9.17, 15) is 14.7 Å². The summed E-state index contributed by atoms with van der Waals surface area (Å²) in [6.07, 6.45) is -0.0614. The van der Waals surface area contributed by atoms with E-state index in [1.807, 2.05) is 60.7 Å². The first kappa shape index (κ1) is 21.6. The van der Waals surface area contributed by atoms with Gasteiger partial charge in [0.15, 0.2) is 0 Å². The molecule has 1 saturated heterocycles. The van der Waals surface area contributed by atoms with Crippen LogP contribution in [0.2, 0.25) is 0 Å². The number of benzene rings is 2. The van der Waals surface area contributed by atoms with Gasteiger partial charge in [0.25, 0.3) is 0 Å². The molecule has 7 heteroatoms. The maximum absolute atomic E-state index is 12.6. The molecular formula is C23H28N2O5. The molecule has 1 aliphatic heterocycles. The molecule has 2 aromatic rings. The van der Waals surface area contributed by atoms with Crippen LogP contribution in [0.25, 0.3) is 0 Å². The normalized spacial score (nSPS) is 21.4. The summed E-state index contributed by atoms with van der Waals surface area (Å²) in [6, 6.07) is 18.1. The van der Waals surface area contributed by atoms with Crippen LogP contribution in [0, 0.1) is 0 Å². The average Bonchev–Trinajstić information content (AvgIpc) is 2.90. The molecule has 2 amide bonds. The first-order chi connectivity index (χ1) is 14.4. The third-order valence-electron chi connectivity index (χ3n) is 5.23. The summed E-state index contributed by atoms with van der Waals surface area (Å²) < 4.78 is 10.7. The van der Waals surface area contributed by atoms with E-state index in [0.29, 0.717) is 19.4 Å². The minimum absolute atomic E-state index is 0.129. The number of nitrogens with zero attached hydrogens (tertiary/aromatic N) is 1. The van der Waals surface area contributed by atoms with Gasteiger partial charge >= 0.3 is 12.2 Å². The molecule has 1 heterocycles. The van der Waals surface area contributed by atoms with Gasteiger partial charge in [0.1, 0.15) is 13.2 Å². The molecule has 1 aliphatic rings. The first-order valence-electron chi connectivity index (χ1n) is 10.1.